The molecule has 0 radical (unpaired) electrons. The summed E-state index contributed by atoms with van der Waals surface area (Å²) < 4.78 is 68.5. The maximum Gasteiger partial charge on any atom is 0.472 e. The number of hydrogen-bond donors (Lipinski definition) is 3. The molecule has 0 heterocycles. The Morgan fingerprint density at radius 3 is 0.747 bits per heavy atom. The van der Waals surface area contributed by atoms with E-state index in [1.165, 1.54) is 180 Å². The lowest BCUT2D eigenvalue weighted by molar-refractivity contribution is -0.161. The van der Waals surface area contributed by atoms with Gasteiger partial charge in [-0.2, -0.15) is 0 Å². The number of phosphoric acid groups is 2. The number of esters is 4. The molecule has 3 N–H and O–H groups in total. The third-order valence-electron chi connectivity index (χ3n) is 18.3. The van der Waals surface area contributed by atoms with Gasteiger partial charge in [0.2, 0.25) is 0 Å². The number of ether oxygens (including phenoxy) is 4. The van der Waals surface area contributed by atoms with Gasteiger partial charge in [-0.15, -0.1) is 0 Å². The van der Waals surface area contributed by atoms with Gasteiger partial charge in [0.05, 0.1) is 26.4 Å². The highest BCUT2D eigenvalue weighted by molar-refractivity contribution is 7.47. The summed E-state index contributed by atoms with van der Waals surface area (Å²) in [4.78, 5) is 72.8. The lowest BCUT2D eigenvalue weighted by Crippen LogP contribution is -2.30. The molecule has 4 unspecified atom stereocenters. The first-order valence-corrected chi connectivity index (χ1v) is 42.3. The van der Waals surface area contributed by atoms with Crippen LogP contribution < -0.4 is 0 Å². The van der Waals surface area contributed by atoms with Crippen LogP contribution in [0.15, 0.2) is 0 Å². The van der Waals surface area contributed by atoms with Crippen molar-refractivity contribution >= 4 is 39.5 Å². The first kappa shape index (κ1) is 93.1. The summed E-state index contributed by atoms with van der Waals surface area (Å²) in [6.07, 6.45) is 50.1. The van der Waals surface area contributed by atoms with Crippen LogP contribution in [0.2, 0.25) is 0 Å². The Balaban J connectivity index is 5.19. The zero-order chi connectivity index (χ0) is 70.3. The van der Waals surface area contributed by atoms with Crippen molar-refractivity contribution in [2.45, 2.75) is 401 Å². The quantitative estimate of drug-likeness (QED) is 0.0222. The first-order valence-electron chi connectivity index (χ1n) is 39.3. The monoisotopic (exact) mass is 1400 g/mol. The molecule has 0 aliphatic rings. The highest BCUT2D eigenvalue weighted by Crippen LogP contribution is 2.45. The van der Waals surface area contributed by atoms with Gasteiger partial charge < -0.3 is 33.8 Å². The number of aliphatic hydroxyl groups excluding tert-OH is 1. The Morgan fingerprint density at radius 1 is 0.295 bits per heavy atom. The van der Waals surface area contributed by atoms with Crippen molar-refractivity contribution in [2.75, 3.05) is 39.6 Å². The van der Waals surface area contributed by atoms with E-state index in [-0.39, 0.29) is 25.7 Å². The number of carbonyl (C=O) groups is 4. The minimum Gasteiger partial charge on any atom is -0.462 e. The fourth-order valence-corrected chi connectivity index (χ4v) is 13.1. The summed E-state index contributed by atoms with van der Waals surface area (Å²) in [5, 5.41) is 10.6. The van der Waals surface area contributed by atoms with Crippen LogP contribution in [0.4, 0.5) is 0 Å². The van der Waals surface area contributed by atoms with Crippen molar-refractivity contribution in [3.63, 3.8) is 0 Å². The lowest BCUT2D eigenvalue weighted by Gasteiger charge is -2.21. The van der Waals surface area contributed by atoms with E-state index >= 15 is 0 Å². The lowest BCUT2D eigenvalue weighted by atomic mass is 9.99. The molecule has 564 valence electrons. The third kappa shape index (κ3) is 67.6. The second-order valence-electron chi connectivity index (χ2n) is 28.8. The Labute approximate surface area is 581 Å². The van der Waals surface area contributed by atoms with Crippen LogP contribution in [-0.4, -0.2) is 96.7 Å². The van der Waals surface area contributed by atoms with E-state index in [1.54, 1.807) is 0 Å². The number of hydrogen-bond acceptors (Lipinski definition) is 15. The fourth-order valence-electron chi connectivity index (χ4n) is 11.5. The van der Waals surface area contributed by atoms with Gasteiger partial charge in [-0.3, -0.25) is 37.3 Å². The van der Waals surface area contributed by atoms with E-state index in [2.05, 4.69) is 55.4 Å². The van der Waals surface area contributed by atoms with Crippen LogP contribution in [0.3, 0.4) is 0 Å². The predicted octanol–water partition coefficient (Wildman–Crippen LogP) is 22.0. The van der Waals surface area contributed by atoms with Gasteiger partial charge >= 0.3 is 39.5 Å². The van der Waals surface area contributed by atoms with Crippen LogP contribution in [0, 0.1) is 23.7 Å². The first-order chi connectivity index (χ1) is 45.7. The predicted molar refractivity (Wildman–Crippen MR) is 386 cm³/mol. The van der Waals surface area contributed by atoms with Crippen molar-refractivity contribution in [3.8, 4) is 0 Å². The smallest absolute Gasteiger partial charge is 0.462 e. The van der Waals surface area contributed by atoms with Crippen molar-refractivity contribution in [1.82, 2.24) is 0 Å². The molecule has 0 fully saturated rings. The molecule has 0 saturated heterocycles. The second kappa shape index (κ2) is 65.4. The number of phosphoric ester groups is 2. The summed E-state index contributed by atoms with van der Waals surface area (Å²) in [5.41, 5.74) is 0. The molecule has 0 bridgehead atoms. The van der Waals surface area contributed by atoms with E-state index in [4.69, 9.17) is 37.0 Å². The topological polar surface area (TPSA) is 237 Å². The molecule has 0 amide bonds. The Kier molecular flexibility index (Phi) is 64.0. The summed E-state index contributed by atoms with van der Waals surface area (Å²) in [5.74, 6) is 0.947. The zero-order valence-corrected chi connectivity index (χ0v) is 64.1. The van der Waals surface area contributed by atoms with Gasteiger partial charge in [0.1, 0.15) is 19.3 Å². The minimum atomic E-state index is -4.96. The summed E-state index contributed by atoms with van der Waals surface area (Å²) in [6.45, 7) is 14.2. The largest absolute Gasteiger partial charge is 0.472 e. The number of aliphatic hydroxyl groups is 1. The molecule has 19 heteroatoms. The summed E-state index contributed by atoms with van der Waals surface area (Å²) >= 11 is 0. The molecule has 0 aromatic rings. The maximum atomic E-state index is 13.1. The van der Waals surface area contributed by atoms with E-state index in [9.17, 15) is 43.2 Å². The molecule has 17 nitrogen and oxygen atoms in total. The molecule has 0 saturated carbocycles. The van der Waals surface area contributed by atoms with Gasteiger partial charge in [0.15, 0.2) is 12.2 Å². The molecule has 0 aromatic carbocycles. The van der Waals surface area contributed by atoms with E-state index in [0.717, 1.165) is 114 Å². The van der Waals surface area contributed by atoms with Gasteiger partial charge in [0.25, 0.3) is 0 Å². The molecule has 0 aliphatic heterocycles. The highest BCUT2D eigenvalue weighted by Gasteiger charge is 2.30. The van der Waals surface area contributed by atoms with Gasteiger partial charge in [-0.1, -0.05) is 331 Å². The maximum absolute atomic E-state index is 13.1. The molecular formula is C76H148O17P2. The Morgan fingerprint density at radius 2 is 0.505 bits per heavy atom. The van der Waals surface area contributed by atoms with Crippen molar-refractivity contribution in [2.24, 2.45) is 23.7 Å². The Hall–Kier alpha value is -1.94. The van der Waals surface area contributed by atoms with Gasteiger partial charge in [0, 0.05) is 25.7 Å². The number of unbranched alkanes of at least 4 members (excludes halogenated alkanes) is 37. The average molecular weight is 1400 g/mol. The van der Waals surface area contributed by atoms with E-state index < -0.39 is 97.5 Å². The molecule has 0 aliphatic carbocycles. The van der Waals surface area contributed by atoms with Crippen LogP contribution in [-0.2, 0) is 65.4 Å². The molecule has 0 spiro atoms. The third-order valence-corrected chi connectivity index (χ3v) is 20.2. The van der Waals surface area contributed by atoms with Gasteiger partial charge in [-0.25, -0.2) is 9.13 Å². The van der Waals surface area contributed by atoms with Crippen LogP contribution in [0.5, 0.6) is 0 Å². The molecule has 0 aromatic heterocycles. The standard InChI is InChI=1S/C76H148O17P2/c1-9-68(7)54-46-38-30-24-20-16-12-14-17-21-25-31-40-48-56-73(78)86-62-71(93-76(81)59-51-43-33-27-29-37-45-53-67(5)6)64-90-94(82,83)88-60-70(77)61-89-95(84,85)91-65-72(63-87-74(79)57-49-41-35-34-39-47-55-69(8)10-2)92-75(80)58-50-42-32-26-22-18-13-11-15-19-23-28-36-44-52-66(3)4/h66-72,77H,9-65H2,1-8H3,(H,82,83)(H,84,85)/t68?,69?,70-,71-,72-/m1/s1. The molecule has 7 atom stereocenters. The van der Waals surface area contributed by atoms with Gasteiger partial charge in [-0.05, 0) is 49.4 Å². The van der Waals surface area contributed by atoms with Crippen LogP contribution in [0.1, 0.15) is 383 Å². The molecular weight excluding hydrogens is 1250 g/mol. The number of carbonyl (C=O) groups excluding carboxylic acids is 4. The molecule has 95 heavy (non-hydrogen) atoms. The van der Waals surface area contributed by atoms with Crippen molar-refractivity contribution < 1.29 is 80.2 Å². The zero-order valence-electron chi connectivity index (χ0n) is 62.3. The molecule has 0 rings (SSSR count). The summed E-state index contributed by atoms with van der Waals surface area (Å²) in [7, 11) is -9.91. The number of rotatable bonds is 73. The van der Waals surface area contributed by atoms with E-state index in [1.807, 2.05) is 0 Å². The van der Waals surface area contributed by atoms with Crippen molar-refractivity contribution in [3.05, 3.63) is 0 Å². The normalized spacial score (nSPS) is 14.7. The summed E-state index contributed by atoms with van der Waals surface area (Å²) in [6, 6.07) is 0. The minimum absolute atomic E-state index is 0.103. The van der Waals surface area contributed by atoms with Crippen molar-refractivity contribution in [1.29, 1.82) is 0 Å². The Bertz CT molecular complexity index is 1870. The van der Waals surface area contributed by atoms with E-state index in [0.29, 0.717) is 31.6 Å². The average Bonchev–Trinajstić information content (AvgIpc) is 2.95. The fraction of sp³-hybridized carbons (Fsp3) is 0.947. The van der Waals surface area contributed by atoms with Crippen LogP contribution in [0.25, 0.3) is 0 Å². The van der Waals surface area contributed by atoms with Crippen LogP contribution >= 0.6 is 15.6 Å². The second-order valence-corrected chi connectivity index (χ2v) is 31.7. The SMILES string of the molecule is CCC(C)CCCCCCCCCCCCCCCCC(=O)OC[C@H](COP(=O)(O)OC[C@@H](O)COP(=O)(O)OC[C@@H](COC(=O)CCCCCCCCC(C)CC)OC(=O)CCCCCCCCCCCCCCCCC(C)C)OC(=O)CCCCCCCCCC(C)C. The highest BCUT2D eigenvalue weighted by atomic mass is 31.2.